The van der Waals surface area contributed by atoms with E-state index in [2.05, 4.69) is 22.1 Å². The summed E-state index contributed by atoms with van der Waals surface area (Å²) >= 11 is 0. The Hall–Kier alpha value is -2.67. The largest absolute Gasteiger partial charge is 0.505 e. The number of rotatable bonds is 2. The first-order chi connectivity index (χ1) is 10.8. The van der Waals surface area contributed by atoms with E-state index in [1.54, 1.807) is 6.20 Å². The van der Waals surface area contributed by atoms with Crippen molar-refractivity contribution in [2.45, 2.75) is 18.3 Å². The molecular weight excluding hydrogens is 274 g/mol. The van der Waals surface area contributed by atoms with Crippen LogP contribution < -0.4 is 0 Å². The van der Waals surface area contributed by atoms with E-state index in [1.165, 1.54) is 0 Å². The van der Waals surface area contributed by atoms with E-state index >= 15 is 0 Å². The van der Waals surface area contributed by atoms with Crippen molar-refractivity contribution in [2.75, 3.05) is 0 Å². The molecule has 22 heavy (non-hydrogen) atoms. The molecule has 2 aliphatic rings. The number of hydrogen-bond donors (Lipinski definition) is 1. The van der Waals surface area contributed by atoms with E-state index in [0.717, 1.165) is 24.1 Å². The lowest BCUT2D eigenvalue weighted by Gasteiger charge is -2.33. The van der Waals surface area contributed by atoms with Gasteiger partial charge in [-0.2, -0.15) is 0 Å². The zero-order valence-electron chi connectivity index (χ0n) is 12.1. The summed E-state index contributed by atoms with van der Waals surface area (Å²) < 4.78 is 0. The molecule has 4 heteroatoms. The van der Waals surface area contributed by atoms with Gasteiger partial charge >= 0.3 is 5.70 Å². The third-order valence-corrected chi connectivity index (χ3v) is 5.21. The molecule has 2 aliphatic carbocycles. The van der Waals surface area contributed by atoms with Crippen LogP contribution in [-0.4, -0.2) is 10.1 Å². The molecular formula is C18H16N3O+. The van der Waals surface area contributed by atoms with E-state index in [9.17, 15) is 10.5 Å². The lowest BCUT2D eigenvalue weighted by atomic mass is 9.68. The molecule has 3 atom stereocenters. The van der Waals surface area contributed by atoms with Crippen molar-refractivity contribution in [3.8, 4) is 0 Å². The van der Waals surface area contributed by atoms with Crippen LogP contribution in [-0.2, 0) is 5.41 Å². The van der Waals surface area contributed by atoms with Crippen molar-refractivity contribution in [2.24, 2.45) is 11.8 Å². The number of benzene rings is 1. The fraction of sp³-hybridized carbons (Fsp3) is 0.278. The van der Waals surface area contributed by atoms with Crippen molar-refractivity contribution in [1.82, 2.24) is 4.98 Å². The van der Waals surface area contributed by atoms with E-state index in [1.807, 2.05) is 36.4 Å². The number of nitrogens with zero attached hydrogens (tertiary/aromatic N) is 3. The molecule has 2 aromatic rings. The molecule has 1 aromatic heterocycles. The molecule has 1 N–H and O–H groups in total. The first kappa shape index (κ1) is 13.0. The quantitative estimate of drug-likeness (QED) is 0.849. The first-order valence-electron chi connectivity index (χ1n) is 7.55. The summed E-state index contributed by atoms with van der Waals surface area (Å²) in [7, 11) is 0. The minimum absolute atomic E-state index is 0.0419. The van der Waals surface area contributed by atoms with Crippen molar-refractivity contribution in [3.05, 3.63) is 82.4 Å². The Labute approximate surface area is 128 Å². The normalized spacial score (nSPS) is 29.6. The molecule has 4 nitrogen and oxygen atoms in total. The highest BCUT2D eigenvalue weighted by Gasteiger charge is 2.67. The van der Waals surface area contributed by atoms with E-state index < -0.39 is 5.41 Å². The molecule has 1 saturated carbocycles. The topological polar surface area (TPSA) is 61.3 Å². The van der Waals surface area contributed by atoms with Crippen LogP contribution in [0, 0.1) is 17.2 Å². The van der Waals surface area contributed by atoms with E-state index in [4.69, 9.17) is 0 Å². The summed E-state index contributed by atoms with van der Waals surface area (Å²) in [4.78, 5) is 7.99. The number of fused-ring (bicyclic) bond motifs is 2. The van der Waals surface area contributed by atoms with Crippen molar-refractivity contribution < 1.29 is 5.11 Å². The smallest absolute Gasteiger partial charge is 0.403 e. The Morgan fingerprint density at radius 1 is 1.05 bits per heavy atom. The predicted octanol–water partition coefficient (Wildman–Crippen LogP) is 4.03. The zero-order chi connectivity index (χ0) is 15.2. The number of allylic oxidation sites excluding steroid dienone is 2. The maximum absolute atomic E-state index is 10.5. The lowest BCUT2D eigenvalue weighted by molar-refractivity contribution is 0.292. The molecule has 1 heterocycles. The standard InChI is InChI=1S/C18H15N3O/c19-21-16-13-9-10-14(17(16)22)18(13,12-6-2-1-3-7-12)15-8-4-5-11-20-15/h1-8,11,13-14H,9-10H2/p+1/t13-,14+,18+/m1/s1. The minimum atomic E-state index is -0.436. The second-order valence-electron chi connectivity index (χ2n) is 6.00. The molecule has 0 saturated heterocycles. The van der Waals surface area contributed by atoms with Crippen LogP contribution in [0.4, 0.5) is 0 Å². The van der Waals surface area contributed by atoms with Crippen LogP contribution in [0.25, 0.3) is 4.98 Å². The van der Waals surface area contributed by atoms with Crippen LogP contribution in [0.2, 0.25) is 0 Å². The number of aliphatic hydroxyl groups excluding tert-OH is 1. The van der Waals surface area contributed by atoms with Crippen molar-refractivity contribution in [1.29, 1.82) is 5.39 Å². The molecule has 1 fully saturated rings. The van der Waals surface area contributed by atoms with Crippen LogP contribution in [0.15, 0.2) is 66.2 Å². The monoisotopic (exact) mass is 290 g/mol. The Bertz CT molecular complexity index is 737. The van der Waals surface area contributed by atoms with Gasteiger partial charge in [0.15, 0.2) is 10.7 Å². The van der Waals surface area contributed by atoms with Gasteiger partial charge in [-0.25, -0.2) is 0 Å². The summed E-state index contributed by atoms with van der Waals surface area (Å²) in [5.41, 5.74) is 2.03. The highest BCUT2D eigenvalue weighted by Crippen LogP contribution is 2.63. The lowest BCUT2D eigenvalue weighted by Crippen LogP contribution is -2.35. The third-order valence-electron chi connectivity index (χ3n) is 5.21. The highest BCUT2D eigenvalue weighted by molar-refractivity contribution is 5.51. The van der Waals surface area contributed by atoms with E-state index in [-0.39, 0.29) is 17.6 Å². The SMILES string of the molecule is N#[N+]C1=C(O)[C@@H]2CC[C@H]1[C@]2(c1ccccc1)c1ccccn1. The van der Waals surface area contributed by atoms with Crippen molar-refractivity contribution >= 4 is 0 Å². The number of hydrogen-bond acceptors (Lipinski definition) is 3. The molecule has 0 amide bonds. The molecule has 2 bridgehead atoms. The molecule has 0 aliphatic heterocycles. The average molecular weight is 290 g/mol. The van der Waals surface area contributed by atoms with Crippen LogP contribution in [0.1, 0.15) is 24.1 Å². The molecule has 0 unspecified atom stereocenters. The van der Waals surface area contributed by atoms with Gasteiger partial charge in [-0.1, -0.05) is 36.4 Å². The van der Waals surface area contributed by atoms with Gasteiger partial charge in [0, 0.05) is 12.1 Å². The van der Waals surface area contributed by atoms with Crippen LogP contribution in [0.5, 0.6) is 0 Å². The van der Waals surface area contributed by atoms with Gasteiger partial charge in [0.1, 0.15) is 0 Å². The minimum Gasteiger partial charge on any atom is -0.505 e. The second-order valence-corrected chi connectivity index (χ2v) is 6.00. The maximum atomic E-state index is 10.5. The van der Waals surface area contributed by atoms with Gasteiger partial charge in [0.2, 0.25) is 5.39 Å². The fourth-order valence-corrected chi connectivity index (χ4v) is 4.44. The van der Waals surface area contributed by atoms with Gasteiger partial charge in [-0.05, 0) is 30.5 Å². The highest BCUT2D eigenvalue weighted by atomic mass is 16.3. The Morgan fingerprint density at radius 3 is 2.41 bits per heavy atom. The Kier molecular flexibility index (Phi) is 2.77. The van der Waals surface area contributed by atoms with Crippen molar-refractivity contribution in [3.63, 3.8) is 0 Å². The zero-order valence-corrected chi connectivity index (χ0v) is 12.1. The summed E-state index contributed by atoms with van der Waals surface area (Å²) in [6, 6.07) is 16.0. The molecule has 1 aromatic carbocycles. The van der Waals surface area contributed by atoms with Gasteiger partial charge in [0.05, 0.1) is 17.0 Å². The van der Waals surface area contributed by atoms with Gasteiger partial charge in [-0.15, -0.1) is 0 Å². The summed E-state index contributed by atoms with van der Waals surface area (Å²) in [5.74, 6) is 0.0914. The Morgan fingerprint density at radius 2 is 1.77 bits per heavy atom. The van der Waals surface area contributed by atoms with Gasteiger partial charge in [0.25, 0.3) is 0 Å². The molecule has 4 rings (SSSR count). The number of diazo groups is 1. The number of aliphatic hydroxyl groups is 1. The van der Waals surface area contributed by atoms with Crippen LogP contribution in [0.3, 0.4) is 0 Å². The summed E-state index contributed by atoms with van der Waals surface area (Å²) in [6.07, 6.45) is 3.55. The van der Waals surface area contributed by atoms with Crippen LogP contribution >= 0.6 is 0 Å². The maximum Gasteiger partial charge on any atom is 0.403 e. The summed E-state index contributed by atoms with van der Waals surface area (Å²) in [6.45, 7) is 0. The average Bonchev–Trinajstić information content (AvgIpc) is 3.08. The Balaban J connectivity index is 2.00. The van der Waals surface area contributed by atoms with E-state index in [0.29, 0.717) is 5.70 Å². The first-order valence-corrected chi connectivity index (χ1v) is 7.55. The predicted molar refractivity (Wildman–Crippen MR) is 82.4 cm³/mol. The number of pyridine rings is 1. The molecule has 0 radical (unpaired) electrons. The molecule has 108 valence electrons. The van der Waals surface area contributed by atoms with Gasteiger partial charge in [-0.3, -0.25) is 4.98 Å². The number of aromatic nitrogens is 1. The fourth-order valence-electron chi connectivity index (χ4n) is 4.44. The third kappa shape index (κ3) is 1.46. The second kappa shape index (κ2) is 4.67. The van der Waals surface area contributed by atoms with Gasteiger partial charge < -0.3 is 5.11 Å². The summed E-state index contributed by atoms with van der Waals surface area (Å²) in [5, 5.41) is 19.9. The molecule has 0 spiro atoms.